The molecule has 3 aromatic rings. The van der Waals surface area contributed by atoms with Gasteiger partial charge in [0.05, 0.1) is 0 Å². The fraction of sp³-hybridized carbons (Fsp3) is 0.250. The van der Waals surface area contributed by atoms with Crippen LogP contribution >= 0.6 is 0 Å². The summed E-state index contributed by atoms with van der Waals surface area (Å²) < 4.78 is 38.0. The number of fused-ring (bicyclic) bond motifs is 2. The summed E-state index contributed by atoms with van der Waals surface area (Å²) in [5, 5.41) is 0.874. The van der Waals surface area contributed by atoms with E-state index in [2.05, 4.69) is 0 Å². The van der Waals surface area contributed by atoms with Crippen molar-refractivity contribution in [1.82, 2.24) is 0 Å². The average molecular weight is 357 g/mol. The van der Waals surface area contributed by atoms with Crippen molar-refractivity contribution >= 4 is 16.7 Å². The maximum Gasteiger partial charge on any atom is 0.336 e. The first-order valence-electron chi connectivity index (χ1n) is 8.40. The number of halogens is 2. The third-order valence-corrected chi connectivity index (χ3v) is 4.75. The van der Waals surface area contributed by atoms with Crippen molar-refractivity contribution in [3.8, 4) is 5.75 Å². The molecule has 4 rings (SSSR count). The van der Waals surface area contributed by atoms with Crippen LogP contribution in [0.1, 0.15) is 23.6 Å². The second-order valence-electron chi connectivity index (χ2n) is 6.38. The van der Waals surface area contributed by atoms with Gasteiger partial charge in [0, 0.05) is 40.9 Å². The van der Waals surface area contributed by atoms with Crippen molar-refractivity contribution < 1.29 is 17.9 Å². The number of hydrogen-bond donors (Lipinski definition) is 0. The first-order chi connectivity index (χ1) is 12.5. The smallest absolute Gasteiger partial charge is 0.336 e. The predicted molar refractivity (Wildman–Crippen MR) is 94.6 cm³/mol. The summed E-state index contributed by atoms with van der Waals surface area (Å²) in [6.45, 7) is 4.52. The lowest BCUT2D eigenvalue weighted by atomic mass is 9.99. The molecule has 0 amide bonds. The number of anilines is 1. The number of ether oxygens (including phenoxy) is 1. The molecule has 0 saturated carbocycles. The van der Waals surface area contributed by atoms with Crippen LogP contribution in [0.3, 0.4) is 0 Å². The molecule has 0 spiro atoms. The van der Waals surface area contributed by atoms with Crippen LogP contribution in [0.4, 0.5) is 14.5 Å². The molecule has 0 saturated heterocycles. The Kier molecular flexibility index (Phi) is 3.90. The first kappa shape index (κ1) is 16.6. The SMILES string of the molecule is CCc1cc(=O)oc2c(C)c3c(cc12)CN(c1ccc(F)c(F)c1)CO3. The van der Waals surface area contributed by atoms with Gasteiger partial charge in [-0.25, -0.2) is 13.6 Å². The predicted octanol–water partition coefficient (Wildman–Crippen LogP) is 4.30. The van der Waals surface area contributed by atoms with Crippen molar-refractivity contribution in [3.05, 3.63) is 69.1 Å². The van der Waals surface area contributed by atoms with Crippen molar-refractivity contribution in [2.24, 2.45) is 0 Å². The Morgan fingerprint density at radius 3 is 2.69 bits per heavy atom. The Bertz CT molecular complexity index is 1070. The van der Waals surface area contributed by atoms with E-state index in [9.17, 15) is 13.6 Å². The fourth-order valence-electron chi connectivity index (χ4n) is 3.42. The van der Waals surface area contributed by atoms with Crippen LogP contribution < -0.4 is 15.3 Å². The maximum atomic E-state index is 13.6. The van der Waals surface area contributed by atoms with Gasteiger partial charge in [-0.3, -0.25) is 0 Å². The topological polar surface area (TPSA) is 42.7 Å². The zero-order valence-electron chi connectivity index (χ0n) is 14.4. The number of rotatable bonds is 2. The second-order valence-corrected chi connectivity index (χ2v) is 6.38. The van der Waals surface area contributed by atoms with Crippen LogP contribution in [0.15, 0.2) is 39.5 Å². The minimum Gasteiger partial charge on any atom is -0.472 e. The van der Waals surface area contributed by atoms with Crippen molar-refractivity contribution in [2.45, 2.75) is 26.8 Å². The van der Waals surface area contributed by atoms with E-state index in [1.807, 2.05) is 24.8 Å². The highest BCUT2D eigenvalue weighted by Gasteiger charge is 2.23. The van der Waals surface area contributed by atoms with Gasteiger partial charge in [-0.05, 0) is 37.1 Å². The molecule has 1 aliphatic heterocycles. The molecule has 0 fully saturated rings. The molecule has 0 N–H and O–H groups in total. The summed E-state index contributed by atoms with van der Waals surface area (Å²) in [7, 11) is 0. The molecule has 1 aliphatic rings. The first-order valence-corrected chi connectivity index (χ1v) is 8.40. The Hall–Kier alpha value is -2.89. The molecule has 4 nitrogen and oxygen atoms in total. The zero-order valence-corrected chi connectivity index (χ0v) is 14.4. The number of aryl methyl sites for hydroxylation is 2. The van der Waals surface area contributed by atoms with Crippen LogP contribution in [0.5, 0.6) is 5.75 Å². The van der Waals surface area contributed by atoms with Crippen LogP contribution in [0.25, 0.3) is 11.0 Å². The molecule has 0 unspecified atom stereocenters. The van der Waals surface area contributed by atoms with Gasteiger partial charge in [0.2, 0.25) is 0 Å². The number of hydrogen-bond acceptors (Lipinski definition) is 4. The fourth-order valence-corrected chi connectivity index (χ4v) is 3.42. The van der Waals surface area contributed by atoms with Crippen molar-refractivity contribution in [3.63, 3.8) is 0 Å². The van der Waals surface area contributed by atoms with Crippen LogP contribution in [-0.2, 0) is 13.0 Å². The minimum absolute atomic E-state index is 0.197. The summed E-state index contributed by atoms with van der Waals surface area (Å²) in [4.78, 5) is 13.6. The second kappa shape index (κ2) is 6.12. The number of benzene rings is 2. The molecule has 0 aliphatic carbocycles. The molecule has 1 aromatic heterocycles. The highest BCUT2D eigenvalue weighted by molar-refractivity contribution is 5.86. The van der Waals surface area contributed by atoms with E-state index in [-0.39, 0.29) is 12.4 Å². The van der Waals surface area contributed by atoms with E-state index in [1.165, 1.54) is 12.1 Å². The lowest BCUT2D eigenvalue weighted by Crippen LogP contribution is -2.32. The highest BCUT2D eigenvalue weighted by atomic mass is 19.2. The summed E-state index contributed by atoms with van der Waals surface area (Å²) in [5.74, 6) is -1.10. The molecular weight excluding hydrogens is 340 g/mol. The van der Waals surface area contributed by atoms with E-state index in [1.54, 1.807) is 0 Å². The van der Waals surface area contributed by atoms with E-state index >= 15 is 0 Å². The van der Waals surface area contributed by atoms with Gasteiger partial charge in [-0.2, -0.15) is 0 Å². The monoisotopic (exact) mass is 357 g/mol. The summed E-state index contributed by atoms with van der Waals surface area (Å²) in [5.41, 5.74) is 3.30. The normalized spacial score (nSPS) is 13.6. The largest absolute Gasteiger partial charge is 0.472 e. The van der Waals surface area contributed by atoms with Gasteiger partial charge >= 0.3 is 5.63 Å². The molecular formula is C20H17F2NO3. The Labute approximate surface area is 148 Å². The Morgan fingerprint density at radius 1 is 1.15 bits per heavy atom. The Morgan fingerprint density at radius 2 is 1.96 bits per heavy atom. The van der Waals surface area contributed by atoms with Gasteiger partial charge in [0.25, 0.3) is 0 Å². The van der Waals surface area contributed by atoms with Gasteiger partial charge in [-0.1, -0.05) is 6.92 Å². The third kappa shape index (κ3) is 2.62. The van der Waals surface area contributed by atoms with E-state index in [4.69, 9.17) is 9.15 Å². The summed E-state index contributed by atoms with van der Waals surface area (Å²) >= 11 is 0. The maximum absolute atomic E-state index is 13.6. The molecule has 2 heterocycles. The number of nitrogens with zero attached hydrogens (tertiary/aromatic N) is 1. The lowest BCUT2D eigenvalue weighted by molar-refractivity contribution is 0.287. The molecule has 0 atom stereocenters. The molecule has 26 heavy (non-hydrogen) atoms. The highest BCUT2D eigenvalue weighted by Crippen LogP contribution is 2.37. The zero-order chi connectivity index (χ0) is 18.4. The van der Waals surface area contributed by atoms with Crippen LogP contribution in [-0.4, -0.2) is 6.73 Å². The van der Waals surface area contributed by atoms with Gasteiger partial charge in [0.15, 0.2) is 18.4 Å². The minimum atomic E-state index is -0.891. The quantitative estimate of drug-likeness (QED) is 0.642. The van der Waals surface area contributed by atoms with E-state index in [0.29, 0.717) is 30.0 Å². The van der Waals surface area contributed by atoms with Gasteiger partial charge in [0.1, 0.15) is 11.3 Å². The molecule has 0 bridgehead atoms. The standard InChI is InChI=1S/C20H17F2NO3/c1-3-12-7-18(24)26-20-11(2)19-13(6-15(12)20)9-23(10-25-19)14-4-5-16(21)17(22)8-14/h4-8H,3,9-10H2,1-2H3. The lowest BCUT2D eigenvalue weighted by Gasteiger charge is -2.32. The van der Waals surface area contributed by atoms with Gasteiger partial charge < -0.3 is 14.1 Å². The third-order valence-electron chi connectivity index (χ3n) is 4.75. The average Bonchev–Trinajstić information content (AvgIpc) is 2.64. The van der Waals surface area contributed by atoms with Gasteiger partial charge in [-0.15, -0.1) is 0 Å². The van der Waals surface area contributed by atoms with Crippen molar-refractivity contribution in [1.29, 1.82) is 0 Å². The molecule has 134 valence electrons. The van der Waals surface area contributed by atoms with E-state index in [0.717, 1.165) is 34.2 Å². The molecule has 2 aromatic carbocycles. The summed E-state index contributed by atoms with van der Waals surface area (Å²) in [6.07, 6.45) is 0.702. The molecule has 0 radical (unpaired) electrons. The molecule has 6 heteroatoms. The summed E-state index contributed by atoms with van der Waals surface area (Å²) in [6, 6.07) is 7.25. The van der Waals surface area contributed by atoms with Crippen LogP contribution in [0, 0.1) is 18.6 Å². The van der Waals surface area contributed by atoms with Crippen LogP contribution in [0.2, 0.25) is 0 Å². The Balaban J connectivity index is 1.81. The van der Waals surface area contributed by atoms with Crippen molar-refractivity contribution in [2.75, 3.05) is 11.6 Å². The van der Waals surface area contributed by atoms with E-state index < -0.39 is 11.6 Å².